The van der Waals surface area contributed by atoms with E-state index in [1.807, 2.05) is 6.92 Å². The van der Waals surface area contributed by atoms with Crippen LogP contribution >= 0.6 is 0 Å². The number of hydrogen-bond acceptors (Lipinski definition) is 4. The first-order valence-electron chi connectivity index (χ1n) is 6.04. The molecule has 100 valence electrons. The van der Waals surface area contributed by atoms with Crippen molar-refractivity contribution in [2.75, 3.05) is 13.7 Å². The average molecular weight is 261 g/mol. The topological polar surface area (TPSA) is 63.7 Å². The highest BCUT2D eigenvalue weighted by Crippen LogP contribution is 2.21. The number of carbonyl (C=O) groups excluding carboxylic acids is 3. The summed E-state index contributed by atoms with van der Waals surface area (Å²) in [5.41, 5.74) is 1.36. The smallest absolute Gasteiger partial charge is 0.230 e. The van der Waals surface area contributed by atoms with Gasteiger partial charge in [0.1, 0.15) is 5.75 Å². The number of imide groups is 1. The highest BCUT2D eigenvalue weighted by Gasteiger charge is 2.31. The maximum atomic E-state index is 12.2. The zero-order chi connectivity index (χ0) is 14.0. The number of carbonyl (C=O) groups is 3. The van der Waals surface area contributed by atoms with Crippen LogP contribution in [-0.2, 0) is 9.59 Å². The lowest BCUT2D eigenvalue weighted by molar-refractivity contribution is -0.137. The molecule has 1 aromatic carbocycles. The number of likely N-dealkylation sites (tertiary alicyclic amines) is 1. The van der Waals surface area contributed by atoms with Crippen molar-refractivity contribution < 1.29 is 19.1 Å². The Kier molecular flexibility index (Phi) is 3.64. The van der Waals surface area contributed by atoms with Crippen LogP contribution in [0.2, 0.25) is 0 Å². The van der Waals surface area contributed by atoms with E-state index in [1.165, 1.54) is 7.11 Å². The largest absolute Gasteiger partial charge is 0.496 e. The third kappa shape index (κ3) is 2.65. The molecule has 0 N–H and O–H groups in total. The maximum absolute atomic E-state index is 12.2. The molecule has 1 aromatic rings. The van der Waals surface area contributed by atoms with E-state index in [2.05, 4.69) is 0 Å². The highest BCUT2D eigenvalue weighted by molar-refractivity contribution is 6.08. The highest BCUT2D eigenvalue weighted by atomic mass is 16.5. The van der Waals surface area contributed by atoms with Crippen molar-refractivity contribution in [3.8, 4) is 5.75 Å². The first-order valence-corrected chi connectivity index (χ1v) is 6.04. The lowest BCUT2D eigenvalue weighted by atomic mass is 10.1. The van der Waals surface area contributed by atoms with Crippen molar-refractivity contribution >= 4 is 17.6 Å². The first kappa shape index (κ1) is 13.3. The molecule has 0 unspecified atom stereocenters. The van der Waals surface area contributed by atoms with Crippen LogP contribution in [0.5, 0.6) is 5.75 Å². The van der Waals surface area contributed by atoms with Gasteiger partial charge in [-0.1, -0.05) is 6.07 Å². The number of ketones is 1. The zero-order valence-electron chi connectivity index (χ0n) is 10.9. The molecule has 0 saturated carbocycles. The predicted molar refractivity (Wildman–Crippen MR) is 68.0 cm³/mol. The summed E-state index contributed by atoms with van der Waals surface area (Å²) in [6, 6.07) is 5.20. The van der Waals surface area contributed by atoms with E-state index in [4.69, 9.17) is 4.74 Å². The van der Waals surface area contributed by atoms with E-state index < -0.39 is 0 Å². The minimum atomic E-state index is -0.291. The van der Waals surface area contributed by atoms with Gasteiger partial charge in [-0.2, -0.15) is 0 Å². The Morgan fingerprint density at radius 1 is 1.26 bits per heavy atom. The quantitative estimate of drug-likeness (QED) is 0.606. The molecule has 2 amide bonds. The van der Waals surface area contributed by atoms with Crippen LogP contribution in [0.1, 0.15) is 28.8 Å². The summed E-state index contributed by atoms with van der Waals surface area (Å²) >= 11 is 0. The van der Waals surface area contributed by atoms with E-state index in [0.29, 0.717) is 11.3 Å². The molecule has 5 nitrogen and oxygen atoms in total. The van der Waals surface area contributed by atoms with Crippen molar-refractivity contribution in [1.29, 1.82) is 0 Å². The molecule has 0 radical (unpaired) electrons. The summed E-state index contributed by atoms with van der Waals surface area (Å²) in [4.78, 5) is 36.1. The number of aryl methyl sites for hydroxylation is 1. The van der Waals surface area contributed by atoms with E-state index in [-0.39, 0.29) is 37.0 Å². The van der Waals surface area contributed by atoms with Gasteiger partial charge < -0.3 is 4.74 Å². The summed E-state index contributed by atoms with van der Waals surface area (Å²) in [7, 11) is 1.48. The van der Waals surface area contributed by atoms with E-state index >= 15 is 0 Å². The normalized spacial score (nSPS) is 14.9. The van der Waals surface area contributed by atoms with Crippen LogP contribution in [0, 0.1) is 6.92 Å². The molecule has 1 aliphatic rings. The maximum Gasteiger partial charge on any atom is 0.230 e. The van der Waals surface area contributed by atoms with Crippen molar-refractivity contribution in [2.24, 2.45) is 0 Å². The standard InChI is InChI=1S/C14H15NO4/c1-9-3-4-10(12(7-9)19-2)11(16)8-15-13(17)5-6-14(15)18/h3-4,7H,5-6,8H2,1-2H3. The monoisotopic (exact) mass is 261 g/mol. The molecule has 1 saturated heterocycles. The summed E-state index contributed by atoms with van der Waals surface area (Å²) in [5, 5.41) is 0. The number of Topliss-reactive ketones (excluding diaryl/α,β-unsaturated/α-hetero) is 1. The Morgan fingerprint density at radius 2 is 1.89 bits per heavy atom. The van der Waals surface area contributed by atoms with E-state index in [0.717, 1.165) is 10.5 Å². The molecular formula is C14H15NO4. The molecule has 0 aliphatic carbocycles. The lowest BCUT2D eigenvalue weighted by Gasteiger charge is -2.14. The average Bonchev–Trinajstić information content (AvgIpc) is 2.70. The third-order valence-corrected chi connectivity index (χ3v) is 3.11. The van der Waals surface area contributed by atoms with Crippen molar-refractivity contribution in [1.82, 2.24) is 4.90 Å². The van der Waals surface area contributed by atoms with Crippen LogP contribution in [0.25, 0.3) is 0 Å². The molecule has 1 aliphatic heterocycles. The number of nitrogens with zero attached hydrogens (tertiary/aromatic N) is 1. The van der Waals surface area contributed by atoms with Gasteiger partial charge in [-0.15, -0.1) is 0 Å². The number of benzene rings is 1. The van der Waals surface area contributed by atoms with Gasteiger partial charge in [-0.3, -0.25) is 19.3 Å². The van der Waals surface area contributed by atoms with Crippen LogP contribution in [-0.4, -0.2) is 36.2 Å². The number of methoxy groups -OCH3 is 1. The summed E-state index contributed by atoms with van der Waals surface area (Å²) in [6.45, 7) is 1.68. The summed E-state index contributed by atoms with van der Waals surface area (Å²) in [6.07, 6.45) is 0.383. The molecule has 0 spiro atoms. The van der Waals surface area contributed by atoms with Crippen LogP contribution in [0.3, 0.4) is 0 Å². The number of ether oxygens (including phenoxy) is 1. The van der Waals surface area contributed by atoms with Gasteiger partial charge in [-0.25, -0.2) is 0 Å². The fourth-order valence-electron chi connectivity index (χ4n) is 2.06. The van der Waals surface area contributed by atoms with Crippen LogP contribution < -0.4 is 4.74 Å². The van der Waals surface area contributed by atoms with Gasteiger partial charge in [-0.05, 0) is 24.6 Å². The SMILES string of the molecule is COc1cc(C)ccc1C(=O)CN1C(=O)CCC1=O. The Morgan fingerprint density at radius 3 is 2.47 bits per heavy atom. The minimum absolute atomic E-state index is 0.192. The number of rotatable bonds is 4. The molecule has 1 fully saturated rings. The van der Waals surface area contributed by atoms with Gasteiger partial charge in [0.2, 0.25) is 11.8 Å². The third-order valence-electron chi connectivity index (χ3n) is 3.11. The second kappa shape index (κ2) is 5.22. The summed E-state index contributed by atoms with van der Waals surface area (Å²) in [5.74, 6) is -0.404. The molecule has 5 heteroatoms. The number of hydrogen-bond donors (Lipinski definition) is 0. The van der Waals surface area contributed by atoms with Gasteiger partial charge >= 0.3 is 0 Å². The zero-order valence-corrected chi connectivity index (χ0v) is 10.9. The van der Waals surface area contributed by atoms with Gasteiger partial charge in [0.05, 0.1) is 19.2 Å². The van der Waals surface area contributed by atoms with Gasteiger partial charge in [0.15, 0.2) is 5.78 Å². The van der Waals surface area contributed by atoms with Crippen LogP contribution in [0.4, 0.5) is 0 Å². The van der Waals surface area contributed by atoms with Crippen molar-refractivity contribution in [2.45, 2.75) is 19.8 Å². The summed E-state index contributed by atoms with van der Waals surface area (Å²) < 4.78 is 5.16. The van der Waals surface area contributed by atoms with Gasteiger partial charge in [0, 0.05) is 12.8 Å². The second-order valence-electron chi connectivity index (χ2n) is 4.50. The van der Waals surface area contributed by atoms with Gasteiger partial charge in [0.25, 0.3) is 0 Å². The second-order valence-corrected chi connectivity index (χ2v) is 4.50. The molecule has 0 bridgehead atoms. The Labute approximate surface area is 111 Å². The van der Waals surface area contributed by atoms with E-state index in [1.54, 1.807) is 18.2 Å². The Hall–Kier alpha value is -2.17. The molecule has 1 heterocycles. The Balaban J connectivity index is 2.20. The molecule has 0 atom stereocenters. The van der Waals surface area contributed by atoms with Crippen molar-refractivity contribution in [3.63, 3.8) is 0 Å². The molecular weight excluding hydrogens is 246 g/mol. The first-order chi connectivity index (χ1) is 9.02. The molecule has 19 heavy (non-hydrogen) atoms. The van der Waals surface area contributed by atoms with E-state index in [9.17, 15) is 14.4 Å². The number of amides is 2. The lowest BCUT2D eigenvalue weighted by Crippen LogP contribution is -2.34. The molecule has 2 rings (SSSR count). The fraction of sp³-hybridized carbons (Fsp3) is 0.357. The minimum Gasteiger partial charge on any atom is -0.496 e. The fourth-order valence-corrected chi connectivity index (χ4v) is 2.06. The predicted octanol–water partition coefficient (Wildman–Crippen LogP) is 1.34. The molecule has 0 aromatic heterocycles. The van der Waals surface area contributed by atoms with Crippen LogP contribution in [0.15, 0.2) is 18.2 Å². The van der Waals surface area contributed by atoms with Crippen molar-refractivity contribution in [3.05, 3.63) is 29.3 Å². The Bertz CT molecular complexity index is 534.